The van der Waals surface area contributed by atoms with Gasteiger partial charge in [0.25, 0.3) is 0 Å². The summed E-state index contributed by atoms with van der Waals surface area (Å²) in [6, 6.07) is -0.00740. The van der Waals surface area contributed by atoms with Crippen molar-refractivity contribution in [2.75, 3.05) is 19.6 Å². The predicted molar refractivity (Wildman–Crippen MR) is 61.4 cm³/mol. The third-order valence-electron chi connectivity index (χ3n) is 2.92. The van der Waals surface area contributed by atoms with Gasteiger partial charge in [-0.15, -0.1) is 0 Å². The van der Waals surface area contributed by atoms with E-state index in [9.17, 15) is 4.79 Å². The van der Waals surface area contributed by atoms with Crippen LogP contribution in [0.2, 0.25) is 0 Å². The van der Waals surface area contributed by atoms with Crippen molar-refractivity contribution in [3.8, 4) is 0 Å². The molecule has 94 valence electrons. The van der Waals surface area contributed by atoms with Crippen molar-refractivity contribution in [3.05, 3.63) is 11.7 Å². The third kappa shape index (κ3) is 2.82. The van der Waals surface area contributed by atoms with Gasteiger partial charge in [0.15, 0.2) is 5.82 Å². The molecule has 0 aromatic carbocycles. The first-order chi connectivity index (χ1) is 8.20. The van der Waals surface area contributed by atoms with Gasteiger partial charge in [0, 0.05) is 26.4 Å². The van der Waals surface area contributed by atoms with Crippen LogP contribution in [0.25, 0.3) is 0 Å². The number of amides is 1. The van der Waals surface area contributed by atoms with Crippen molar-refractivity contribution in [2.24, 2.45) is 0 Å². The normalized spacial score (nSPS) is 20.2. The summed E-state index contributed by atoms with van der Waals surface area (Å²) < 4.78 is 4.89. The van der Waals surface area contributed by atoms with Crippen LogP contribution in [0, 0.1) is 6.92 Å². The van der Waals surface area contributed by atoms with Gasteiger partial charge in [-0.1, -0.05) is 12.1 Å². The van der Waals surface area contributed by atoms with E-state index in [1.807, 2.05) is 11.8 Å². The van der Waals surface area contributed by atoms with Crippen molar-refractivity contribution in [1.82, 2.24) is 20.4 Å². The van der Waals surface area contributed by atoms with Crippen molar-refractivity contribution >= 4 is 5.91 Å². The summed E-state index contributed by atoms with van der Waals surface area (Å²) in [5.41, 5.74) is 0. The minimum atomic E-state index is -0.00740. The van der Waals surface area contributed by atoms with Crippen molar-refractivity contribution in [3.63, 3.8) is 0 Å². The number of likely N-dealkylation sites (tertiary alicyclic amines) is 1. The Kier molecular flexibility index (Phi) is 3.73. The van der Waals surface area contributed by atoms with Crippen LogP contribution in [0.3, 0.4) is 0 Å². The van der Waals surface area contributed by atoms with Gasteiger partial charge in [0.05, 0.1) is 6.04 Å². The number of carbonyl (C=O) groups excluding carboxylic acids is 1. The lowest BCUT2D eigenvalue weighted by Crippen LogP contribution is -2.38. The van der Waals surface area contributed by atoms with Crippen molar-refractivity contribution < 1.29 is 9.32 Å². The molecule has 1 aliphatic rings. The van der Waals surface area contributed by atoms with E-state index < -0.39 is 0 Å². The Morgan fingerprint density at radius 1 is 1.59 bits per heavy atom. The zero-order chi connectivity index (χ0) is 12.3. The van der Waals surface area contributed by atoms with E-state index in [4.69, 9.17) is 4.52 Å². The Morgan fingerprint density at radius 3 is 3.06 bits per heavy atom. The summed E-state index contributed by atoms with van der Waals surface area (Å²) in [5, 5.41) is 7.00. The quantitative estimate of drug-likeness (QED) is 0.789. The van der Waals surface area contributed by atoms with Crippen LogP contribution in [0.5, 0.6) is 0 Å². The molecule has 1 saturated heterocycles. The molecule has 0 bridgehead atoms. The number of likely N-dealkylation sites (N-methyl/N-ethyl adjacent to an activating group) is 1. The van der Waals surface area contributed by atoms with Gasteiger partial charge in [-0.3, -0.25) is 4.79 Å². The second kappa shape index (κ2) is 5.27. The summed E-state index contributed by atoms with van der Waals surface area (Å²) >= 11 is 0. The highest BCUT2D eigenvalue weighted by molar-refractivity contribution is 5.83. The van der Waals surface area contributed by atoms with E-state index in [1.54, 1.807) is 6.92 Å². The number of hydrogen-bond acceptors (Lipinski definition) is 5. The minimum absolute atomic E-state index is 0.00740. The molecular formula is C11H18N4O2. The first-order valence-electron chi connectivity index (χ1n) is 6.02. The molecule has 17 heavy (non-hydrogen) atoms. The van der Waals surface area contributed by atoms with E-state index in [1.165, 1.54) is 0 Å². The van der Waals surface area contributed by atoms with Crippen LogP contribution in [-0.4, -0.2) is 46.6 Å². The van der Waals surface area contributed by atoms with E-state index in [0.29, 0.717) is 24.7 Å². The molecule has 2 rings (SSSR count). The molecule has 1 amide bonds. The Labute approximate surface area is 100 Å². The fraction of sp³-hybridized carbons (Fsp3) is 0.727. The fourth-order valence-electron chi connectivity index (χ4n) is 2.07. The second-order valence-corrected chi connectivity index (χ2v) is 4.20. The lowest BCUT2D eigenvalue weighted by Gasteiger charge is -2.15. The summed E-state index contributed by atoms with van der Waals surface area (Å²) in [7, 11) is 0. The van der Waals surface area contributed by atoms with Crippen molar-refractivity contribution in [1.29, 1.82) is 0 Å². The molecule has 1 unspecified atom stereocenters. The smallest absolute Gasteiger partial charge is 0.239 e. The maximum atomic E-state index is 11.9. The molecular weight excluding hydrogens is 220 g/mol. The van der Waals surface area contributed by atoms with E-state index in [0.717, 1.165) is 19.5 Å². The molecule has 1 aliphatic heterocycles. The number of hydrogen-bond donors (Lipinski definition) is 1. The first-order valence-corrected chi connectivity index (χ1v) is 6.02. The Bertz CT molecular complexity index is 391. The summed E-state index contributed by atoms with van der Waals surface area (Å²) in [6.07, 6.45) is 1.54. The molecule has 0 spiro atoms. The van der Waals surface area contributed by atoms with E-state index >= 15 is 0 Å². The lowest BCUT2D eigenvalue weighted by molar-refractivity contribution is -0.129. The Balaban J connectivity index is 1.82. The van der Waals surface area contributed by atoms with Crippen LogP contribution < -0.4 is 5.32 Å². The minimum Gasteiger partial charge on any atom is -0.341 e. The average molecular weight is 238 g/mol. The number of aryl methyl sites for hydroxylation is 1. The van der Waals surface area contributed by atoms with Gasteiger partial charge in [0.2, 0.25) is 11.8 Å². The van der Waals surface area contributed by atoms with Crippen LogP contribution in [0.4, 0.5) is 0 Å². The molecule has 6 nitrogen and oxygen atoms in total. The lowest BCUT2D eigenvalue weighted by atomic mass is 10.2. The maximum Gasteiger partial charge on any atom is 0.239 e. The molecule has 1 fully saturated rings. The Morgan fingerprint density at radius 2 is 2.41 bits per heavy atom. The number of rotatable bonds is 5. The first kappa shape index (κ1) is 12.0. The molecule has 0 aliphatic carbocycles. The summed E-state index contributed by atoms with van der Waals surface area (Å²) in [4.78, 5) is 17.9. The zero-order valence-electron chi connectivity index (χ0n) is 10.3. The second-order valence-electron chi connectivity index (χ2n) is 4.20. The summed E-state index contributed by atoms with van der Waals surface area (Å²) in [6.45, 7) is 6.08. The van der Waals surface area contributed by atoms with Gasteiger partial charge in [-0.25, -0.2) is 0 Å². The largest absolute Gasteiger partial charge is 0.341 e. The highest BCUT2D eigenvalue weighted by Gasteiger charge is 2.30. The van der Waals surface area contributed by atoms with Gasteiger partial charge < -0.3 is 14.7 Å². The van der Waals surface area contributed by atoms with E-state index in [-0.39, 0.29) is 11.9 Å². The highest BCUT2D eigenvalue weighted by Crippen LogP contribution is 2.11. The summed E-state index contributed by atoms with van der Waals surface area (Å²) in [5.74, 6) is 1.42. The molecule has 2 heterocycles. The van der Waals surface area contributed by atoms with Crippen molar-refractivity contribution in [2.45, 2.75) is 32.7 Å². The zero-order valence-corrected chi connectivity index (χ0v) is 10.3. The molecule has 1 N–H and O–H groups in total. The molecule has 6 heteroatoms. The monoisotopic (exact) mass is 238 g/mol. The highest BCUT2D eigenvalue weighted by atomic mass is 16.5. The molecule has 1 aromatic rings. The average Bonchev–Trinajstić information content (AvgIpc) is 2.86. The maximum absolute atomic E-state index is 11.9. The molecule has 1 atom stereocenters. The SMILES string of the molecule is CCNC1CCN(CCc2noc(C)n2)C1=O. The van der Waals surface area contributed by atoms with Gasteiger partial charge in [-0.05, 0) is 13.0 Å². The number of nitrogens with one attached hydrogen (secondary N) is 1. The van der Waals surface area contributed by atoms with Crippen LogP contribution in [0.15, 0.2) is 4.52 Å². The van der Waals surface area contributed by atoms with Crippen LogP contribution in [-0.2, 0) is 11.2 Å². The number of aromatic nitrogens is 2. The van der Waals surface area contributed by atoms with Crippen LogP contribution >= 0.6 is 0 Å². The van der Waals surface area contributed by atoms with E-state index in [2.05, 4.69) is 15.5 Å². The Hall–Kier alpha value is -1.43. The molecule has 1 aromatic heterocycles. The third-order valence-corrected chi connectivity index (χ3v) is 2.92. The van der Waals surface area contributed by atoms with Gasteiger partial charge in [0.1, 0.15) is 0 Å². The number of carbonyl (C=O) groups is 1. The predicted octanol–water partition coefficient (Wildman–Crippen LogP) is 0.131. The molecule has 0 saturated carbocycles. The fourth-order valence-corrected chi connectivity index (χ4v) is 2.07. The number of nitrogens with zero attached hydrogens (tertiary/aromatic N) is 3. The van der Waals surface area contributed by atoms with Gasteiger partial charge in [-0.2, -0.15) is 4.98 Å². The topological polar surface area (TPSA) is 71.3 Å². The van der Waals surface area contributed by atoms with Gasteiger partial charge >= 0.3 is 0 Å². The van der Waals surface area contributed by atoms with Crippen LogP contribution in [0.1, 0.15) is 25.1 Å². The standard InChI is InChI=1S/C11H18N4O2/c1-3-12-9-4-6-15(11(9)16)7-5-10-13-8(2)17-14-10/h9,12H,3-7H2,1-2H3. The molecule has 0 radical (unpaired) electrons.